The zero-order chi connectivity index (χ0) is 14.0. The quantitative estimate of drug-likeness (QED) is 0.859. The maximum Gasteiger partial charge on any atom is 0.266 e. The van der Waals surface area contributed by atoms with Crippen LogP contribution in [0.1, 0.15) is 11.3 Å². The van der Waals surface area contributed by atoms with Gasteiger partial charge in [0.25, 0.3) is 5.56 Å². The van der Waals surface area contributed by atoms with Crippen molar-refractivity contribution in [3.05, 3.63) is 45.9 Å². The van der Waals surface area contributed by atoms with Crippen molar-refractivity contribution < 1.29 is 9.84 Å². The molecule has 0 radical (unpaired) electrons. The van der Waals surface area contributed by atoms with Crippen molar-refractivity contribution in [3.63, 3.8) is 0 Å². The Kier molecular flexibility index (Phi) is 3.25. The molecule has 0 unspecified atom stereocenters. The second-order valence-electron chi connectivity index (χ2n) is 4.07. The van der Waals surface area contributed by atoms with Crippen LogP contribution in [0.25, 0.3) is 11.1 Å². The number of nitriles is 1. The molecule has 2 aromatic rings. The van der Waals surface area contributed by atoms with Gasteiger partial charge in [-0.25, -0.2) is 0 Å². The third-order valence-corrected chi connectivity index (χ3v) is 2.77. The number of aromatic nitrogens is 1. The number of H-pyrrole nitrogens is 1. The zero-order valence-electron chi connectivity index (χ0n) is 10.5. The molecule has 0 aliphatic rings. The Morgan fingerprint density at radius 2 is 2.11 bits per heavy atom. The van der Waals surface area contributed by atoms with E-state index in [1.165, 1.54) is 13.2 Å². The Labute approximate surface area is 109 Å². The zero-order valence-corrected chi connectivity index (χ0v) is 10.5. The highest BCUT2D eigenvalue weighted by atomic mass is 16.5. The number of aromatic amines is 1. The third-order valence-electron chi connectivity index (χ3n) is 2.77. The number of pyridine rings is 1. The summed E-state index contributed by atoms with van der Waals surface area (Å²) in [5.74, 6) is 0.297. The van der Waals surface area contributed by atoms with E-state index in [4.69, 9.17) is 10.00 Å². The molecule has 2 rings (SSSR count). The smallest absolute Gasteiger partial charge is 0.266 e. The third kappa shape index (κ3) is 2.29. The molecule has 96 valence electrons. The van der Waals surface area contributed by atoms with Gasteiger partial charge in [0.2, 0.25) is 0 Å². The highest BCUT2D eigenvalue weighted by molar-refractivity contribution is 5.72. The van der Waals surface area contributed by atoms with Gasteiger partial charge in [0.15, 0.2) is 11.5 Å². The van der Waals surface area contributed by atoms with Gasteiger partial charge >= 0.3 is 0 Å². The number of phenolic OH excluding ortho intramolecular Hbond substituents is 1. The van der Waals surface area contributed by atoms with E-state index in [0.717, 1.165) is 0 Å². The van der Waals surface area contributed by atoms with Gasteiger partial charge in [-0.3, -0.25) is 4.79 Å². The number of methoxy groups -OCH3 is 1. The van der Waals surface area contributed by atoms with Crippen LogP contribution in [0.15, 0.2) is 29.1 Å². The van der Waals surface area contributed by atoms with E-state index < -0.39 is 5.56 Å². The summed E-state index contributed by atoms with van der Waals surface area (Å²) in [6, 6.07) is 8.32. The first-order valence-electron chi connectivity index (χ1n) is 5.58. The summed E-state index contributed by atoms with van der Waals surface area (Å²) >= 11 is 0. The van der Waals surface area contributed by atoms with Gasteiger partial charge in [0, 0.05) is 11.3 Å². The second-order valence-corrected chi connectivity index (χ2v) is 4.07. The van der Waals surface area contributed by atoms with Crippen molar-refractivity contribution in [2.75, 3.05) is 7.11 Å². The van der Waals surface area contributed by atoms with Crippen LogP contribution < -0.4 is 10.3 Å². The molecule has 0 bridgehead atoms. The SMILES string of the molecule is COc1ccc(-c2cc(C)[nH]c(=O)c2C#N)cc1O. The summed E-state index contributed by atoms with van der Waals surface area (Å²) in [4.78, 5) is 14.3. The van der Waals surface area contributed by atoms with E-state index in [1.54, 1.807) is 25.1 Å². The molecule has 0 spiro atoms. The van der Waals surface area contributed by atoms with Crippen LogP contribution in [-0.2, 0) is 0 Å². The highest BCUT2D eigenvalue weighted by Crippen LogP contribution is 2.32. The Balaban J connectivity index is 2.69. The normalized spacial score (nSPS) is 9.95. The summed E-state index contributed by atoms with van der Waals surface area (Å²) in [5, 5.41) is 18.8. The average molecular weight is 256 g/mol. The lowest BCUT2D eigenvalue weighted by Gasteiger charge is -2.08. The number of nitrogens with one attached hydrogen (secondary N) is 1. The Hall–Kier alpha value is -2.74. The minimum atomic E-state index is -0.437. The van der Waals surface area contributed by atoms with Crippen molar-refractivity contribution >= 4 is 0 Å². The monoisotopic (exact) mass is 256 g/mol. The molecule has 2 N–H and O–H groups in total. The molecule has 5 heteroatoms. The first-order chi connectivity index (χ1) is 9.06. The molecule has 5 nitrogen and oxygen atoms in total. The van der Waals surface area contributed by atoms with Gasteiger partial charge in [-0.05, 0) is 30.7 Å². The molecular formula is C14H12N2O3. The van der Waals surface area contributed by atoms with Crippen LogP contribution in [0.3, 0.4) is 0 Å². The largest absolute Gasteiger partial charge is 0.504 e. The van der Waals surface area contributed by atoms with Crippen molar-refractivity contribution in [1.29, 1.82) is 5.26 Å². The predicted molar refractivity (Wildman–Crippen MR) is 70.2 cm³/mol. The summed E-state index contributed by atoms with van der Waals surface area (Å²) < 4.78 is 4.96. The van der Waals surface area contributed by atoms with Gasteiger partial charge < -0.3 is 14.8 Å². The molecule has 1 aromatic heterocycles. The lowest BCUT2D eigenvalue weighted by molar-refractivity contribution is 0.373. The number of benzene rings is 1. The van der Waals surface area contributed by atoms with E-state index in [0.29, 0.717) is 22.6 Å². The molecule has 19 heavy (non-hydrogen) atoms. The number of nitrogens with zero attached hydrogens (tertiary/aromatic N) is 1. The Morgan fingerprint density at radius 3 is 2.68 bits per heavy atom. The van der Waals surface area contributed by atoms with Gasteiger partial charge in [-0.1, -0.05) is 6.07 Å². The van der Waals surface area contributed by atoms with Crippen molar-refractivity contribution in [3.8, 4) is 28.7 Å². The fourth-order valence-corrected chi connectivity index (χ4v) is 1.88. The van der Waals surface area contributed by atoms with Crippen LogP contribution in [0.4, 0.5) is 0 Å². The van der Waals surface area contributed by atoms with Crippen LogP contribution in [0.5, 0.6) is 11.5 Å². The molecule has 1 aromatic carbocycles. The molecular weight excluding hydrogens is 244 g/mol. The number of hydrogen-bond acceptors (Lipinski definition) is 4. The van der Waals surface area contributed by atoms with E-state index >= 15 is 0 Å². The van der Waals surface area contributed by atoms with Gasteiger partial charge in [-0.15, -0.1) is 0 Å². The topological polar surface area (TPSA) is 86.1 Å². The maximum absolute atomic E-state index is 11.7. The molecule has 0 saturated heterocycles. The number of hydrogen-bond donors (Lipinski definition) is 2. The fourth-order valence-electron chi connectivity index (χ4n) is 1.88. The van der Waals surface area contributed by atoms with Gasteiger partial charge in [0.1, 0.15) is 11.6 Å². The highest BCUT2D eigenvalue weighted by Gasteiger charge is 2.12. The molecule has 0 amide bonds. The fraction of sp³-hybridized carbons (Fsp3) is 0.143. The van der Waals surface area contributed by atoms with Gasteiger partial charge in [-0.2, -0.15) is 5.26 Å². The molecule has 0 atom stereocenters. The molecule has 1 heterocycles. The maximum atomic E-state index is 11.7. The minimum Gasteiger partial charge on any atom is -0.504 e. The summed E-state index contributed by atoms with van der Waals surface area (Å²) in [7, 11) is 1.45. The molecule has 0 fully saturated rings. The van der Waals surface area contributed by atoms with Crippen LogP contribution in [-0.4, -0.2) is 17.2 Å². The summed E-state index contributed by atoms with van der Waals surface area (Å²) in [5.41, 5.74) is 1.31. The number of phenols is 1. The summed E-state index contributed by atoms with van der Waals surface area (Å²) in [6.45, 7) is 1.73. The van der Waals surface area contributed by atoms with Crippen molar-refractivity contribution in [2.24, 2.45) is 0 Å². The molecule has 0 aliphatic carbocycles. The Bertz CT molecular complexity index is 726. The van der Waals surface area contributed by atoms with Gasteiger partial charge in [0.05, 0.1) is 7.11 Å². The van der Waals surface area contributed by atoms with E-state index in [2.05, 4.69) is 4.98 Å². The number of ether oxygens (including phenoxy) is 1. The average Bonchev–Trinajstić information content (AvgIpc) is 2.37. The summed E-state index contributed by atoms with van der Waals surface area (Å²) in [6.07, 6.45) is 0. The predicted octanol–water partition coefficient (Wildman–Crippen LogP) is 1.94. The minimum absolute atomic E-state index is 0.0233. The lowest BCUT2D eigenvalue weighted by Crippen LogP contribution is -2.12. The van der Waals surface area contributed by atoms with Crippen LogP contribution in [0.2, 0.25) is 0 Å². The lowest BCUT2D eigenvalue weighted by atomic mass is 10.0. The number of aromatic hydroxyl groups is 1. The first-order valence-corrected chi connectivity index (χ1v) is 5.58. The van der Waals surface area contributed by atoms with E-state index in [1.807, 2.05) is 6.07 Å². The molecule has 0 aliphatic heterocycles. The number of aryl methyl sites for hydroxylation is 1. The van der Waals surface area contributed by atoms with E-state index in [-0.39, 0.29) is 11.3 Å². The van der Waals surface area contributed by atoms with E-state index in [9.17, 15) is 9.90 Å². The Morgan fingerprint density at radius 1 is 1.37 bits per heavy atom. The van der Waals surface area contributed by atoms with Crippen LogP contribution >= 0.6 is 0 Å². The van der Waals surface area contributed by atoms with Crippen molar-refractivity contribution in [1.82, 2.24) is 4.98 Å². The molecule has 0 saturated carbocycles. The van der Waals surface area contributed by atoms with Crippen LogP contribution in [0, 0.1) is 18.3 Å². The first kappa shape index (κ1) is 12.7. The standard InChI is InChI=1S/C14H12N2O3/c1-8-5-10(11(7-15)14(18)16-8)9-3-4-13(19-2)12(17)6-9/h3-6,17H,1-2H3,(H,16,18). The second kappa shape index (κ2) is 4.86. The number of rotatable bonds is 2. The van der Waals surface area contributed by atoms with Crippen molar-refractivity contribution in [2.45, 2.75) is 6.92 Å².